The minimum Gasteiger partial charge on any atom is -0.507 e. The van der Waals surface area contributed by atoms with Crippen molar-refractivity contribution in [3.63, 3.8) is 0 Å². The highest BCUT2D eigenvalue weighted by molar-refractivity contribution is 5.51. The molecule has 3 rings (SSSR count). The molecule has 4 heteroatoms. The first-order chi connectivity index (χ1) is 8.33. The lowest BCUT2D eigenvalue weighted by Crippen LogP contribution is -2.25. The average molecular weight is 233 g/mol. The van der Waals surface area contributed by atoms with Crippen molar-refractivity contribution >= 4 is 0 Å². The Morgan fingerprint density at radius 2 is 1.88 bits per heavy atom. The van der Waals surface area contributed by atoms with Crippen molar-refractivity contribution in [3.8, 4) is 17.2 Å². The molecular weight excluding hydrogens is 218 g/mol. The molecular formula is C13H15NO3. The highest BCUT2D eigenvalue weighted by atomic mass is 16.7. The lowest BCUT2D eigenvalue weighted by molar-refractivity contribution is 0.174. The van der Waals surface area contributed by atoms with Gasteiger partial charge in [-0.25, -0.2) is 0 Å². The van der Waals surface area contributed by atoms with Gasteiger partial charge in [0.2, 0.25) is 6.79 Å². The summed E-state index contributed by atoms with van der Waals surface area (Å²) < 4.78 is 10.5. The number of hydrogen-bond donors (Lipinski definition) is 2. The summed E-state index contributed by atoms with van der Waals surface area (Å²) in [6, 6.07) is 3.94. The highest BCUT2D eigenvalue weighted by Crippen LogP contribution is 2.37. The third-order valence-electron chi connectivity index (χ3n) is 3.16. The van der Waals surface area contributed by atoms with Gasteiger partial charge in [-0.15, -0.1) is 0 Å². The van der Waals surface area contributed by atoms with E-state index in [1.54, 1.807) is 6.07 Å². The second kappa shape index (κ2) is 4.30. The molecule has 2 aliphatic rings. The maximum atomic E-state index is 9.86. The van der Waals surface area contributed by atoms with Crippen LogP contribution in [0.5, 0.6) is 17.2 Å². The molecule has 0 spiro atoms. The van der Waals surface area contributed by atoms with Gasteiger partial charge in [-0.3, -0.25) is 0 Å². The van der Waals surface area contributed by atoms with E-state index in [2.05, 4.69) is 17.5 Å². The molecule has 0 aromatic heterocycles. The van der Waals surface area contributed by atoms with Crippen LogP contribution in [0.4, 0.5) is 0 Å². The number of nitrogens with one attached hydrogen (secondary N) is 1. The fourth-order valence-electron chi connectivity index (χ4n) is 2.15. The van der Waals surface area contributed by atoms with Crippen molar-refractivity contribution in [3.05, 3.63) is 29.8 Å². The summed E-state index contributed by atoms with van der Waals surface area (Å²) in [5.74, 6) is 1.59. The number of benzene rings is 1. The van der Waals surface area contributed by atoms with Crippen LogP contribution in [0.15, 0.2) is 24.3 Å². The van der Waals surface area contributed by atoms with E-state index in [0.717, 1.165) is 18.4 Å². The van der Waals surface area contributed by atoms with Crippen LogP contribution in [0.1, 0.15) is 18.4 Å². The van der Waals surface area contributed by atoms with Crippen LogP contribution < -0.4 is 14.8 Å². The molecule has 0 saturated carbocycles. The SMILES string of the molecule is Oc1cc2c(cc1CNC1CC=CC1)OCO2. The zero-order valence-electron chi connectivity index (χ0n) is 9.48. The Kier molecular flexibility index (Phi) is 2.65. The van der Waals surface area contributed by atoms with Gasteiger partial charge in [0.05, 0.1) is 0 Å². The Bertz CT molecular complexity index is 448. The zero-order chi connectivity index (χ0) is 11.7. The maximum Gasteiger partial charge on any atom is 0.231 e. The topological polar surface area (TPSA) is 50.7 Å². The number of hydrogen-bond acceptors (Lipinski definition) is 4. The second-order valence-electron chi connectivity index (χ2n) is 4.35. The summed E-state index contributed by atoms with van der Waals surface area (Å²) >= 11 is 0. The highest BCUT2D eigenvalue weighted by Gasteiger charge is 2.17. The Morgan fingerprint density at radius 1 is 1.18 bits per heavy atom. The number of phenols is 1. The van der Waals surface area contributed by atoms with Gasteiger partial charge in [0.15, 0.2) is 11.5 Å². The Labute approximate surface area is 99.9 Å². The first-order valence-corrected chi connectivity index (χ1v) is 5.83. The summed E-state index contributed by atoms with van der Waals surface area (Å²) in [6.07, 6.45) is 6.48. The Hall–Kier alpha value is -1.68. The van der Waals surface area contributed by atoms with Crippen molar-refractivity contribution in [1.29, 1.82) is 0 Å². The Morgan fingerprint density at radius 3 is 2.65 bits per heavy atom. The quantitative estimate of drug-likeness (QED) is 0.783. The lowest BCUT2D eigenvalue weighted by atomic mass is 10.1. The van der Waals surface area contributed by atoms with Gasteiger partial charge in [0.1, 0.15) is 5.75 Å². The number of aromatic hydroxyl groups is 1. The fourth-order valence-corrected chi connectivity index (χ4v) is 2.15. The van der Waals surface area contributed by atoms with E-state index in [1.807, 2.05) is 6.07 Å². The monoisotopic (exact) mass is 233 g/mol. The molecule has 0 saturated heterocycles. The summed E-state index contributed by atoms with van der Waals surface area (Å²) in [5.41, 5.74) is 0.848. The predicted molar refractivity (Wildman–Crippen MR) is 63.2 cm³/mol. The first-order valence-electron chi connectivity index (χ1n) is 5.83. The predicted octanol–water partition coefficient (Wildman–Crippen LogP) is 1.93. The van der Waals surface area contributed by atoms with E-state index < -0.39 is 0 Å². The van der Waals surface area contributed by atoms with Gasteiger partial charge in [-0.1, -0.05) is 12.2 Å². The minimum absolute atomic E-state index is 0.234. The van der Waals surface area contributed by atoms with E-state index in [0.29, 0.717) is 24.1 Å². The van der Waals surface area contributed by atoms with Crippen LogP contribution in [-0.4, -0.2) is 17.9 Å². The number of fused-ring (bicyclic) bond motifs is 1. The fraction of sp³-hybridized carbons (Fsp3) is 0.385. The van der Waals surface area contributed by atoms with E-state index in [4.69, 9.17) is 9.47 Å². The van der Waals surface area contributed by atoms with Gasteiger partial charge in [0, 0.05) is 24.2 Å². The normalized spacial score (nSPS) is 17.9. The number of rotatable bonds is 3. The van der Waals surface area contributed by atoms with Gasteiger partial charge in [-0.2, -0.15) is 0 Å². The van der Waals surface area contributed by atoms with E-state index >= 15 is 0 Å². The molecule has 0 fully saturated rings. The third-order valence-corrected chi connectivity index (χ3v) is 3.16. The molecule has 4 nitrogen and oxygen atoms in total. The molecule has 90 valence electrons. The van der Waals surface area contributed by atoms with Crippen LogP contribution in [0.2, 0.25) is 0 Å². The summed E-state index contributed by atoms with van der Waals surface area (Å²) in [6.45, 7) is 0.882. The molecule has 17 heavy (non-hydrogen) atoms. The first kappa shape index (κ1) is 10.5. The zero-order valence-corrected chi connectivity index (χ0v) is 9.48. The number of phenolic OH excluding ortho intramolecular Hbond substituents is 1. The molecule has 0 amide bonds. The largest absolute Gasteiger partial charge is 0.507 e. The molecule has 0 bridgehead atoms. The van der Waals surface area contributed by atoms with Crippen molar-refractivity contribution in [2.75, 3.05) is 6.79 Å². The van der Waals surface area contributed by atoms with Crippen molar-refractivity contribution in [2.45, 2.75) is 25.4 Å². The van der Waals surface area contributed by atoms with Crippen LogP contribution >= 0.6 is 0 Å². The van der Waals surface area contributed by atoms with Crippen molar-refractivity contribution in [1.82, 2.24) is 5.32 Å². The molecule has 0 radical (unpaired) electrons. The van der Waals surface area contributed by atoms with Crippen LogP contribution in [0.25, 0.3) is 0 Å². The van der Waals surface area contributed by atoms with Gasteiger partial charge in [-0.05, 0) is 18.9 Å². The van der Waals surface area contributed by atoms with Crippen molar-refractivity contribution < 1.29 is 14.6 Å². The molecule has 1 aliphatic carbocycles. The van der Waals surface area contributed by atoms with Crippen LogP contribution in [0, 0.1) is 0 Å². The molecule has 1 aromatic carbocycles. The second-order valence-corrected chi connectivity index (χ2v) is 4.35. The van der Waals surface area contributed by atoms with Crippen molar-refractivity contribution in [2.24, 2.45) is 0 Å². The van der Waals surface area contributed by atoms with Gasteiger partial charge in [0.25, 0.3) is 0 Å². The van der Waals surface area contributed by atoms with Crippen LogP contribution in [-0.2, 0) is 6.54 Å². The molecule has 0 atom stereocenters. The Balaban J connectivity index is 1.70. The summed E-state index contributed by atoms with van der Waals surface area (Å²) in [4.78, 5) is 0. The molecule has 1 heterocycles. The maximum absolute atomic E-state index is 9.86. The van der Waals surface area contributed by atoms with E-state index in [-0.39, 0.29) is 12.5 Å². The van der Waals surface area contributed by atoms with Gasteiger partial charge < -0.3 is 19.9 Å². The summed E-state index contributed by atoms with van der Waals surface area (Å²) in [7, 11) is 0. The molecule has 0 unspecified atom stereocenters. The minimum atomic E-state index is 0.234. The average Bonchev–Trinajstić information content (AvgIpc) is 2.95. The van der Waals surface area contributed by atoms with Crippen LogP contribution in [0.3, 0.4) is 0 Å². The standard InChI is InChI=1S/C13H15NO3/c15-11-6-13-12(16-8-17-13)5-9(11)7-14-10-3-1-2-4-10/h1-2,5-6,10,14-15H,3-4,7-8H2. The molecule has 2 N–H and O–H groups in total. The van der Waals surface area contributed by atoms with E-state index in [1.165, 1.54) is 0 Å². The smallest absolute Gasteiger partial charge is 0.231 e. The molecule has 1 aromatic rings. The third kappa shape index (κ3) is 2.08. The number of ether oxygens (including phenoxy) is 2. The molecule has 1 aliphatic heterocycles. The lowest BCUT2D eigenvalue weighted by Gasteiger charge is -2.13. The van der Waals surface area contributed by atoms with Gasteiger partial charge >= 0.3 is 0 Å². The van der Waals surface area contributed by atoms with E-state index in [9.17, 15) is 5.11 Å². The summed E-state index contributed by atoms with van der Waals surface area (Å²) in [5, 5.41) is 13.3.